The molecule has 1 aliphatic carbocycles. The maximum absolute atomic E-state index is 5.93. The Morgan fingerprint density at radius 1 is 1.16 bits per heavy atom. The molecule has 2 aromatic carbocycles. The molecule has 2 aromatic rings. The van der Waals surface area contributed by atoms with Gasteiger partial charge in [0.2, 0.25) is 0 Å². The third-order valence-corrected chi connectivity index (χ3v) is 4.59. The summed E-state index contributed by atoms with van der Waals surface area (Å²) in [5.41, 5.74) is 9.32. The van der Waals surface area contributed by atoms with Gasteiger partial charge in [0.05, 0.1) is 15.6 Å². The van der Waals surface area contributed by atoms with E-state index in [4.69, 9.17) is 10.5 Å². The van der Waals surface area contributed by atoms with Crippen LogP contribution in [-0.4, -0.2) is 6.61 Å². The predicted octanol–water partition coefficient (Wildman–Crippen LogP) is 4.51. The van der Waals surface area contributed by atoms with Crippen LogP contribution >= 0.6 is 31.9 Å². The van der Waals surface area contributed by atoms with Gasteiger partial charge in [-0.3, -0.25) is 0 Å². The highest BCUT2D eigenvalue weighted by molar-refractivity contribution is 9.11. The summed E-state index contributed by atoms with van der Waals surface area (Å²) in [5, 5.41) is 0. The van der Waals surface area contributed by atoms with Crippen molar-refractivity contribution in [2.75, 3.05) is 12.3 Å². The summed E-state index contributed by atoms with van der Waals surface area (Å²) in [6.45, 7) is 0.693. The number of nitrogen functional groups attached to an aromatic ring is 1. The van der Waals surface area contributed by atoms with Gasteiger partial charge in [-0.15, -0.1) is 0 Å². The number of ether oxygens (including phenoxy) is 1. The average molecular weight is 383 g/mol. The van der Waals surface area contributed by atoms with Crippen LogP contribution in [0.5, 0.6) is 5.75 Å². The van der Waals surface area contributed by atoms with E-state index >= 15 is 0 Å². The first-order chi connectivity index (χ1) is 9.15. The van der Waals surface area contributed by atoms with E-state index in [1.165, 1.54) is 11.1 Å². The quantitative estimate of drug-likeness (QED) is 0.792. The standard InChI is InChI=1S/C15H13Br2NO/c16-13-6-11(18)7-14(17)15(13)19-8-10-5-9-3-1-2-4-12(9)10/h1-4,6-7,10H,5,8,18H2. The Morgan fingerprint density at radius 2 is 1.84 bits per heavy atom. The molecule has 0 saturated heterocycles. The highest BCUT2D eigenvalue weighted by Crippen LogP contribution is 2.39. The molecule has 19 heavy (non-hydrogen) atoms. The second-order valence-corrected chi connectivity index (χ2v) is 6.43. The molecule has 0 radical (unpaired) electrons. The first-order valence-electron chi connectivity index (χ1n) is 6.10. The van der Waals surface area contributed by atoms with Gasteiger partial charge in [-0.2, -0.15) is 0 Å². The summed E-state index contributed by atoms with van der Waals surface area (Å²) in [4.78, 5) is 0. The number of benzene rings is 2. The van der Waals surface area contributed by atoms with Gasteiger partial charge in [0.15, 0.2) is 0 Å². The van der Waals surface area contributed by atoms with Gasteiger partial charge in [0.1, 0.15) is 5.75 Å². The lowest BCUT2D eigenvalue weighted by molar-refractivity contribution is 0.272. The molecule has 0 saturated carbocycles. The van der Waals surface area contributed by atoms with Crippen LogP contribution in [-0.2, 0) is 6.42 Å². The van der Waals surface area contributed by atoms with Crippen molar-refractivity contribution in [1.29, 1.82) is 0 Å². The number of rotatable bonds is 3. The fourth-order valence-electron chi connectivity index (χ4n) is 2.41. The fraction of sp³-hybridized carbons (Fsp3) is 0.200. The summed E-state index contributed by atoms with van der Waals surface area (Å²) in [5.74, 6) is 1.31. The van der Waals surface area contributed by atoms with Crippen molar-refractivity contribution in [2.24, 2.45) is 0 Å². The van der Waals surface area contributed by atoms with Gasteiger partial charge in [-0.1, -0.05) is 24.3 Å². The zero-order valence-electron chi connectivity index (χ0n) is 10.2. The normalized spacial score (nSPS) is 16.6. The summed E-state index contributed by atoms with van der Waals surface area (Å²) < 4.78 is 7.70. The summed E-state index contributed by atoms with van der Waals surface area (Å²) in [6, 6.07) is 12.2. The van der Waals surface area contributed by atoms with Crippen LogP contribution in [0.2, 0.25) is 0 Å². The van der Waals surface area contributed by atoms with Crippen molar-refractivity contribution in [2.45, 2.75) is 12.3 Å². The van der Waals surface area contributed by atoms with Gasteiger partial charge in [0, 0.05) is 11.6 Å². The summed E-state index contributed by atoms with van der Waals surface area (Å²) >= 11 is 6.97. The monoisotopic (exact) mass is 381 g/mol. The van der Waals surface area contributed by atoms with Crippen LogP contribution < -0.4 is 10.5 Å². The third-order valence-electron chi connectivity index (χ3n) is 3.41. The van der Waals surface area contributed by atoms with E-state index in [1.54, 1.807) is 0 Å². The molecule has 0 spiro atoms. The molecule has 1 atom stereocenters. The number of fused-ring (bicyclic) bond motifs is 1. The number of hydrogen-bond acceptors (Lipinski definition) is 2. The molecular formula is C15H13Br2NO. The van der Waals surface area contributed by atoms with Crippen LogP contribution in [0, 0.1) is 0 Å². The van der Waals surface area contributed by atoms with Gasteiger partial charge >= 0.3 is 0 Å². The predicted molar refractivity (Wildman–Crippen MR) is 84.6 cm³/mol. The van der Waals surface area contributed by atoms with E-state index in [9.17, 15) is 0 Å². The molecule has 0 bridgehead atoms. The fourth-order valence-corrected chi connectivity index (χ4v) is 3.86. The average Bonchev–Trinajstić information content (AvgIpc) is 2.33. The minimum atomic E-state index is 0.493. The van der Waals surface area contributed by atoms with Crippen LogP contribution in [0.25, 0.3) is 0 Å². The Hall–Kier alpha value is -1.00. The van der Waals surface area contributed by atoms with E-state index in [0.29, 0.717) is 18.2 Å². The number of nitrogens with two attached hydrogens (primary N) is 1. The lowest BCUT2D eigenvalue weighted by Crippen LogP contribution is -2.23. The van der Waals surface area contributed by atoms with E-state index < -0.39 is 0 Å². The molecule has 0 fully saturated rings. The van der Waals surface area contributed by atoms with Crippen LogP contribution in [0.1, 0.15) is 17.0 Å². The molecule has 1 aliphatic rings. The molecule has 2 N–H and O–H groups in total. The second kappa shape index (κ2) is 5.17. The van der Waals surface area contributed by atoms with Gasteiger partial charge in [-0.05, 0) is 61.5 Å². The van der Waals surface area contributed by atoms with Crippen molar-refractivity contribution in [3.05, 3.63) is 56.5 Å². The molecule has 3 rings (SSSR count). The molecule has 2 nitrogen and oxygen atoms in total. The smallest absolute Gasteiger partial charge is 0.147 e. The highest BCUT2D eigenvalue weighted by atomic mass is 79.9. The Bertz CT molecular complexity index is 604. The summed E-state index contributed by atoms with van der Waals surface area (Å²) in [7, 11) is 0. The number of halogens is 2. The van der Waals surface area contributed by atoms with Crippen molar-refractivity contribution in [3.8, 4) is 5.75 Å². The lowest BCUT2D eigenvalue weighted by atomic mass is 9.78. The first kappa shape index (κ1) is 13.0. The lowest BCUT2D eigenvalue weighted by Gasteiger charge is -2.30. The maximum atomic E-state index is 5.93. The molecule has 4 heteroatoms. The highest BCUT2D eigenvalue weighted by Gasteiger charge is 2.26. The Labute approximate surface area is 129 Å². The van der Waals surface area contributed by atoms with Gasteiger partial charge in [0.25, 0.3) is 0 Å². The molecule has 0 aliphatic heterocycles. The minimum absolute atomic E-state index is 0.493. The topological polar surface area (TPSA) is 35.2 Å². The van der Waals surface area contributed by atoms with Crippen molar-refractivity contribution >= 4 is 37.5 Å². The van der Waals surface area contributed by atoms with Gasteiger partial charge < -0.3 is 10.5 Å². The Kier molecular flexibility index (Phi) is 3.54. The second-order valence-electron chi connectivity index (χ2n) is 4.72. The molecule has 1 unspecified atom stereocenters. The molecule has 0 aromatic heterocycles. The minimum Gasteiger partial charge on any atom is -0.491 e. The van der Waals surface area contributed by atoms with E-state index in [-0.39, 0.29) is 0 Å². The Balaban J connectivity index is 1.72. The van der Waals surface area contributed by atoms with Crippen molar-refractivity contribution in [1.82, 2.24) is 0 Å². The SMILES string of the molecule is Nc1cc(Br)c(OCC2Cc3ccccc32)c(Br)c1. The van der Waals surface area contributed by atoms with E-state index in [2.05, 4.69) is 56.1 Å². The van der Waals surface area contributed by atoms with Crippen molar-refractivity contribution < 1.29 is 4.74 Å². The molecule has 0 amide bonds. The van der Waals surface area contributed by atoms with Crippen LogP contribution in [0.4, 0.5) is 5.69 Å². The zero-order valence-corrected chi connectivity index (χ0v) is 13.4. The van der Waals surface area contributed by atoms with Crippen molar-refractivity contribution in [3.63, 3.8) is 0 Å². The van der Waals surface area contributed by atoms with Crippen LogP contribution in [0.3, 0.4) is 0 Å². The molecular weight excluding hydrogens is 370 g/mol. The first-order valence-corrected chi connectivity index (χ1v) is 7.69. The largest absolute Gasteiger partial charge is 0.491 e. The van der Waals surface area contributed by atoms with E-state index in [1.807, 2.05) is 12.1 Å². The number of anilines is 1. The zero-order chi connectivity index (χ0) is 13.4. The Morgan fingerprint density at radius 3 is 2.53 bits per heavy atom. The van der Waals surface area contributed by atoms with Crippen LogP contribution in [0.15, 0.2) is 45.3 Å². The molecule has 0 heterocycles. The third kappa shape index (κ3) is 2.51. The number of hydrogen-bond donors (Lipinski definition) is 1. The van der Waals surface area contributed by atoms with E-state index in [0.717, 1.165) is 21.1 Å². The van der Waals surface area contributed by atoms with Gasteiger partial charge in [-0.25, -0.2) is 0 Å². The maximum Gasteiger partial charge on any atom is 0.147 e. The molecule has 98 valence electrons. The summed E-state index contributed by atoms with van der Waals surface area (Å²) in [6.07, 6.45) is 1.10.